The molecule has 5 N–H and O–H groups in total. The molecule has 7 nitrogen and oxygen atoms in total. The van der Waals surface area contributed by atoms with E-state index in [4.69, 9.17) is 10.8 Å². The largest absolute Gasteiger partial charge is 0.480 e. The quantitative estimate of drug-likeness (QED) is 0.489. The fourth-order valence-electron chi connectivity index (χ4n) is 1.52. The Morgan fingerprint density at radius 3 is 1.79 bits per heavy atom. The number of rotatable bonds is 7. The third-order valence-electron chi connectivity index (χ3n) is 2.68. The van der Waals surface area contributed by atoms with Crippen LogP contribution in [0.3, 0.4) is 0 Å². The van der Waals surface area contributed by atoms with Crippen molar-refractivity contribution in [3.05, 3.63) is 0 Å². The molecule has 0 saturated carbocycles. The Morgan fingerprint density at radius 2 is 1.47 bits per heavy atom. The van der Waals surface area contributed by atoms with E-state index in [0.29, 0.717) is 0 Å². The zero-order valence-corrected chi connectivity index (χ0v) is 11.8. The number of carboxylic acid groups (broad SMARTS) is 1. The topological polar surface area (TPSA) is 122 Å². The van der Waals surface area contributed by atoms with Crippen LogP contribution in [0, 0.1) is 11.8 Å². The van der Waals surface area contributed by atoms with Crippen LogP contribution in [0.1, 0.15) is 27.7 Å². The summed E-state index contributed by atoms with van der Waals surface area (Å²) in [6.45, 7) is 6.69. The summed E-state index contributed by atoms with van der Waals surface area (Å²) in [5.41, 5.74) is 5.18. The molecule has 2 amide bonds. The molecule has 0 bridgehead atoms. The van der Waals surface area contributed by atoms with Gasteiger partial charge in [-0.3, -0.25) is 9.59 Å². The number of hydrogen-bond acceptors (Lipinski definition) is 4. The van der Waals surface area contributed by atoms with Crippen LogP contribution in [0.4, 0.5) is 0 Å². The molecule has 2 atom stereocenters. The Kier molecular flexibility index (Phi) is 7.06. The van der Waals surface area contributed by atoms with E-state index in [2.05, 4.69) is 10.6 Å². The van der Waals surface area contributed by atoms with Gasteiger partial charge in [0, 0.05) is 0 Å². The van der Waals surface area contributed by atoms with Gasteiger partial charge in [-0.15, -0.1) is 0 Å². The van der Waals surface area contributed by atoms with Crippen molar-refractivity contribution in [3.8, 4) is 0 Å². The predicted octanol–water partition coefficient (Wildman–Crippen LogP) is -0.689. The Bertz CT molecular complexity index is 342. The van der Waals surface area contributed by atoms with Crippen LogP contribution in [-0.2, 0) is 14.4 Å². The van der Waals surface area contributed by atoms with Crippen LogP contribution >= 0.6 is 0 Å². The Morgan fingerprint density at radius 1 is 1.00 bits per heavy atom. The molecule has 0 radical (unpaired) electrons. The first-order valence-electron chi connectivity index (χ1n) is 6.23. The molecule has 0 aliphatic heterocycles. The van der Waals surface area contributed by atoms with Gasteiger partial charge >= 0.3 is 5.97 Å². The van der Waals surface area contributed by atoms with Gasteiger partial charge in [-0.2, -0.15) is 0 Å². The second kappa shape index (κ2) is 7.73. The molecule has 0 rings (SSSR count). The number of carboxylic acids is 1. The van der Waals surface area contributed by atoms with Gasteiger partial charge in [0.05, 0.1) is 6.54 Å². The van der Waals surface area contributed by atoms with Crippen LogP contribution in [0.2, 0.25) is 0 Å². The summed E-state index contributed by atoms with van der Waals surface area (Å²) in [5.74, 6) is -2.49. The van der Waals surface area contributed by atoms with Gasteiger partial charge in [0.15, 0.2) is 0 Å². The van der Waals surface area contributed by atoms with Gasteiger partial charge in [0.25, 0.3) is 0 Å². The van der Waals surface area contributed by atoms with Crippen molar-refractivity contribution in [3.63, 3.8) is 0 Å². The fraction of sp³-hybridized carbons (Fsp3) is 0.750. The van der Waals surface area contributed by atoms with Crippen molar-refractivity contribution in [1.29, 1.82) is 0 Å². The lowest BCUT2D eigenvalue weighted by atomic mass is 10.0. The number of hydrogen-bond donors (Lipinski definition) is 4. The zero-order chi connectivity index (χ0) is 15.2. The maximum absolute atomic E-state index is 12.0. The van der Waals surface area contributed by atoms with Crippen LogP contribution in [0.5, 0.6) is 0 Å². The molecule has 0 aromatic heterocycles. The van der Waals surface area contributed by atoms with Crippen molar-refractivity contribution in [2.24, 2.45) is 17.6 Å². The fourth-order valence-corrected chi connectivity index (χ4v) is 1.52. The van der Waals surface area contributed by atoms with Crippen molar-refractivity contribution in [2.75, 3.05) is 6.54 Å². The van der Waals surface area contributed by atoms with Crippen LogP contribution in [0.15, 0.2) is 0 Å². The number of nitrogens with one attached hydrogen (secondary N) is 2. The first-order valence-corrected chi connectivity index (χ1v) is 6.23. The number of aliphatic carboxylic acids is 1. The summed E-state index contributed by atoms with van der Waals surface area (Å²) in [6.07, 6.45) is 0. The SMILES string of the molecule is CC(C)[C@H](NC(=O)[C@@H](NC(=O)CN)C(C)C)C(=O)O. The van der Waals surface area contributed by atoms with Crippen LogP contribution in [0.25, 0.3) is 0 Å². The van der Waals surface area contributed by atoms with Gasteiger partial charge in [0.1, 0.15) is 12.1 Å². The molecule has 0 unspecified atom stereocenters. The minimum absolute atomic E-state index is 0.169. The maximum atomic E-state index is 12.0. The highest BCUT2D eigenvalue weighted by atomic mass is 16.4. The minimum atomic E-state index is -1.10. The lowest BCUT2D eigenvalue weighted by molar-refractivity contribution is -0.143. The molecule has 19 heavy (non-hydrogen) atoms. The average Bonchev–Trinajstić information content (AvgIpc) is 2.30. The smallest absolute Gasteiger partial charge is 0.326 e. The van der Waals surface area contributed by atoms with E-state index in [1.54, 1.807) is 27.7 Å². The van der Waals surface area contributed by atoms with E-state index < -0.39 is 29.9 Å². The summed E-state index contributed by atoms with van der Waals surface area (Å²) >= 11 is 0. The van der Waals surface area contributed by atoms with E-state index in [1.165, 1.54) is 0 Å². The summed E-state index contributed by atoms with van der Waals surface area (Å²) < 4.78 is 0. The molecule has 110 valence electrons. The normalized spacial score (nSPS) is 14.1. The van der Waals surface area contributed by atoms with Crippen LogP contribution < -0.4 is 16.4 Å². The van der Waals surface area contributed by atoms with Gasteiger partial charge in [-0.25, -0.2) is 4.79 Å². The number of nitrogens with two attached hydrogens (primary N) is 1. The average molecular weight is 273 g/mol. The summed E-state index contributed by atoms with van der Waals surface area (Å²) in [4.78, 5) is 34.3. The molecule has 0 heterocycles. The van der Waals surface area contributed by atoms with E-state index in [0.717, 1.165) is 0 Å². The highest BCUT2D eigenvalue weighted by Gasteiger charge is 2.29. The first-order chi connectivity index (χ1) is 8.70. The molecule has 0 spiro atoms. The highest BCUT2D eigenvalue weighted by Crippen LogP contribution is 2.06. The first kappa shape index (κ1) is 17.4. The van der Waals surface area contributed by atoms with E-state index in [1.807, 2.05) is 0 Å². The van der Waals surface area contributed by atoms with Gasteiger partial charge < -0.3 is 21.5 Å². The molecule has 0 aliphatic rings. The number of carbonyl (C=O) groups excluding carboxylic acids is 2. The van der Waals surface area contributed by atoms with E-state index >= 15 is 0 Å². The number of carbonyl (C=O) groups is 3. The highest BCUT2D eigenvalue weighted by molar-refractivity contribution is 5.91. The molecule has 0 aromatic rings. The second-order valence-corrected chi connectivity index (χ2v) is 5.06. The molecule has 0 aromatic carbocycles. The molecule has 0 saturated heterocycles. The second-order valence-electron chi connectivity index (χ2n) is 5.06. The predicted molar refractivity (Wildman–Crippen MR) is 70.2 cm³/mol. The van der Waals surface area contributed by atoms with Crippen molar-refractivity contribution >= 4 is 17.8 Å². The summed E-state index contributed by atoms with van der Waals surface area (Å²) in [5, 5.41) is 13.9. The molecular weight excluding hydrogens is 250 g/mol. The summed E-state index contributed by atoms with van der Waals surface area (Å²) in [7, 11) is 0. The Hall–Kier alpha value is -1.63. The van der Waals surface area contributed by atoms with Gasteiger partial charge in [0.2, 0.25) is 11.8 Å². The molecule has 0 fully saturated rings. The van der Waals surface area contributed by atoms with E-state index in [9.17, 15) is 14.4 Å². The Labute approximate surface area is 112 Å². The maximum Gasteiger partial charge on any atom is 0.326 e. The van der Waals surface area contributed by atoms with Gasteiger partial charge in [-0.05, 0) is 11.8 Å². The van der Waals surface area contributed by atoms with E-state index in [-0.39, 0.29) is 18.4 Å². The standard InChI is InChI=1S/C12H23N3O4/c1-6(2)9(14-8(16)5-13)11(17)15-10(7(3)4)12(18)19/h6-7,9-10H,5,13H2,1-4H3,(H,14,16)(H,15,17)(H,18,19)/t9-,10-/m0/s1. The molecule has 0 aliphatic carbocycles. The summed E-state index contributed by atoms with van der Waals surface area (Å²) in [6, 6.07) is -1.78. The van der Waals surface area contributed by atoms with Crippen molar-refractivity contribution < 1.29 is 19.5 Å². The zero-order valence-electron chi connectivity index (χ0n) is 11.8. The van der Waals surface area contributed by atoms with Crippen LogP contribution in [-0.4, -0.2) is 41.5 Å². The number of amides is 2. The lowest BCUT2D eigenvalue weighted by Crippen LogP contribution is -2.55. The third-order valence-corrected chi connectivity index (χ3v) is 2.68. The van der Waals surface area contributed by atoms with Gasteiger partial charge in [-0.1, -0.05) is 27.7 Å². The monoisotopic (exact) mass is 273 g/mol. The molecule has 7 heteroatoms. The Balaban J connectivity index is 4.81. The van der Waals surface area contributed by atoms with Crippen molar-refractivity contribution in [2.45, 2.75) is 39.8 Å². The minimum Gasteiger partial charge on any atom is -0.480 e. The lowest BCUT2D eigenvalue weighted by Gasteiger charge is -2.25. The third kappa shape index (κ3) is 5.69. The van der Waals surface area contributed by atoms with Crippen molar-refractivity contribution in [1.82, 2.24) is 10.6 Å². The molecular formula is C12H23N3O4.